The van der Waals surface area contributed by atoms with E-state index in [1.54, 1.807) is 0 Å². The highest BCUT2D eigenvalue weighted by atomic mass is 79.9. The van der Waals surface area contributed by atoms with Crippen LogP contribution in [0.1, 0.15) is 11.1 Å². The number of benzene rings is 2. The highest BCUT2D eigenvalue weighted by Crippen LogP contribution is 2.21. The number of nitrogens with one attached hydrogen (secondary N) is 1. The Kier molecular flexibility index (Phi) is 4.77. The van der Waals surface area contributed by atoms with Crippen LogP contribution < -0.4 is 5.32 Å². The zero-order chi connectivity index (χ0) is 14.7. The Hall–Kier alpha value is -1.40. The molecule has 0 aliphatic heterocycles. The first kappa shape index (κ1) is 15.0. The summed E-state index contributed by atoms with van der Waals surface area (Å²) in [5.74, 6) is -2.55. The number of hydrogen-bond donors (Lipinski definition) is 1. The minimum Gasteiger partial charge on any atom is -0.308 e. The normalized spacial score (nSPS) is 10.8. The third-order valence-electron chi connectivity index (χ3n) is 2.76. The molecule has 0 spiro atoms. The molecule has 20 heavy (non-hydrogen) atoms. The highest BCUT2D eigenvalue weighted by Gasteiger charge is 2.12. The monoisotopic (exact) mass is 347 g/mol. The topological polar surface area (TPSA) is 12.0 Å². The molecule has 0 amide bonds. The molecule has 0 saturated carbocycles. The van der Waals surface area contributed by atoms with Crippen LogP contribution in [0, 0.1) is 23.3 Å². The van der Waals surface area contributed by atoms with Gasteiger partial charge in [-0.3, -0.25) is 0 Å². The quantitative estimate of drug-likeness (QED) is 0.642. The van der Waals surface area contributed by atoms with Crippen molar-refractivity contribution >= 4 is 15.9 Å². The van der Waals surface area contributed by atoms with Crippen LogP contribution >= 0.6 is 15.9 Å². The second-order valence-electron chi connectivity index (χ2n) is 4.16. The van der Waals surface area contributed by atoms with Crippen molar-refractivity contribution in [2.45, 2.75) is 13.1 Å². The van der Waals surface area contributed by atoms with Gasteiger partial charge in [-0.25, -0.2) is 17.6 Å². The van der Waals surface area contributed by atoms with Crippen LogP contribution in [0.25, 0.3) is 0 Å². The van der Waals surface area contributed by atoms with Gasteiger partial charge in [0.15, 0.2) is 0 Å². The molecule has 0 heterocycles. The van der Waals surface area contributed by atoms with Crippen molar-refractivity contribution in [3.63, 3.8) is 0 Å². The van der Waals surface area contributed by atoms with Gasteiger partial charge in [0, 0.05) is 24.2 Å². The van der Waals surface area contributed by atoms with Crippen molar-refractivity contribution in [3.8, 4) is 0 Å². The summed E-state index contributed by atoms with van der Waals surface area (Å²) in [5.41, 5.74) is -0.0583. The lowest BCUT2D eigenvalue weighted by molar-refractivity contribution is 0.524. The van der Waals surface area contributed by atoms with Crippen LogP contribution in [-0.2, 0) is 13.1 Å². The summed E-state index contributed by atoms with van der Waals surface area (Å²) in [4.78, 5) is 0. The van der Waals surface area contributed by atoms with Crippen LogP contribution in [0.4, 0.5) is 17.6 Å². The summed E-state index contributed by atoms with van der Waals surface area (Å²) in [6.07, 6.45) is 0. The maximum atomic E-state index is 13.7. The first-order chi connectivity index (χ1) is 9.49. The molecule has 0 aromatic heterocycles. The fraction of sp³-hybridized carbons (Fsp3) is 0.143. The average Bonchev–Trinajstić information content (AvgIpc) is 2.42. The van der Waals surface area contributed by atoms with E-state index in [2.05, 4.69) is 21.2 Å². The van der Waals surface area contributed by atoms with Gasteiger partial charge in [0.2, 0.25) is 0 Å². The summed E-state index contributed by atoms with van der Waals surface area (Å²) in [7, 11) is 0. The Morgan fingerprint density at radius 3 is 2.35 bits per heavy atom. The van der Waals surface area contributed by atoms with E-state index in [1.165, 1.54) is 6.07 Å². The van der Waals surface area contributed by atoms with Gasteiger partial charge < -0.3 is 5.32 Å². The van der Waals surface area contributed by atoms with Gasteiger partial charge in [0.25, 0.3) is 0 Å². The summed E-state index contributed by atoms with van der Waals surface area (Å²) in [6, 6.07) is 5.45. The van der Waals surface area contributed by atoms with Crippen molar-refractivity contribution in [2.24, 2.45) is 0 Å². The molecule has 0 radical (unpaired) electrons. The van der Waals surface area contributed by atoms with Gasteiger partial charge in [0.1, 0.15) is 23.3 Å². The van der Waals surface area contributed by atoms with E-state index in [4.69, 9.17) is 0 Å². The zero-order valence-corrected chi connectivity index (χ0v) is 11.8. The van der Waals surface area contributed by atoms with Gasteiger partial charge in [-0.2, -0.15) is 0 Å². The fourth-order valence-corrected chi connectivity index (χ4v) is 2.10. The molecule has 0 atom stereocenters. The number of hydrogen-bond acceptors (Lipinski definition) is 1. The molecule has 0 aliphatic rings. The van der Waals surface area contributed by atoms with Crippen molar-refractivity contribution < 1.29 is 17.6 Å². The average molecular weight is 348 g/mol. The van der Waals surface area contributed by atoms with Gasteiger partial charge in [0.05, 0.1) is 4.47 Å². The lowest BCUT2D eigenvalue weighted by Crippen LogP contribution is -2.16. The molecule has 1 N–H and O–H groups in total. The second kappa shape index (κ2) is 6.37. The van der Waals surface area contributed by atoms with E-state index in [1.807, 2.05) is 0 Å². The van der Waals surface area contributed by atoms with E-state index < -0.39 is 23.3 Å². The summed E-state index contributed by atoms with van der Waals surface area (Å²) >= 11 is 2.96. The van der Waals surface area contributed by atoms with Crippen LogP contribution in [0.5, 0.6) is 0 Å². The first-order valence-corrected chi connectivity index (χ1v) is 6.55. The molecule has 2 aromatic rings. The molecule has 0 unspecified atom stereocenters. The van der Waals surface area contributed by atoms with Crippen LogP contribution in [0.2, 0.25) is 0 Å². The fourth-order valence-electron chi connectivity index (χ4n) is 1.73. The molecule has 106 valence electrons. The lowest BCUT2D eigenvalue weighted by atomic mass is 10.1. The van der Waals surface area contributed by atoms with Gasteiger partial charge in [-0.1, -0.05) is 0 Å². The minimum atomic E-state index is -0.711. The Labute approximate surface area is 121 Å². The maximum Gasteiger partial charge on any atom is 0.144 e. The molecule has 6 heteroatoms. The lowest BCUT2D eigenvalue weighted by Gasteiger charge is -2.09. The van der Waals surface area contributed by atoms with Gasteiger partial charge in [-0.15, -0.1) is 0 Å². The van der Waals surface area contributed by atoms with E-state index in [-0.39, 0.29) is 28.7 Å². The van der Waals surface area contributed by atoms with Crippen molar-refractivity contribution in [3.05, 3.63) is 69.2 Å². The van der Waals surface area contributed by atoms with Gasteiger partial charge in [-0.05, 0) is 46.3 Å². The van der Waals surface area contributed by atoms with Crippen molar-refractivity contribution in [1.82, 2.24) is 5.32 Å². The summed E-state index contributed by atoms with van der Waals surface area (Å²) in [5, 5.41) is 2.69. The van der Waals surface area contributed by atoms with Crippen LogP contribution in [0.3, 0.4) is 0 Å². The Morgan fingerprint density at radius 1 is 0.900 bits per heavy atom. The third-order valence-corrected chi connectivity index (χ3v) is 3.38. The highest BCUT2D eigenvalue weighted by molar-refractivity contribution is 9.10. The first-order valence-electron chi connectivity index (χ1n) is 5.76. The largest absolute Gasteiger partial charge is 0.308 e. The molecule has 1 nitrogen and oxygen atoms in total. The van der Waals surface area contributed by atoms with E-state index in [0.29, 0.717) is 0 Å². The van der Waals surface area contributed by atoms with E-state index in [9.17, 15) is 17.6 Å². The third kappa shape index (κ3) is 3.37. The molecule has 0 fully saturated rings. The predicted molar refractivity (Wildman–Crippen MR) is 71.0 cm³/mol. The molecular formula is C14H10BrF4N. The molecule has 0 bridgehead atoms. The standard InChI is InChI=1S/C14H10BrF4N/c15-11-2-4-13(18)10(14(11)19)7-20-6-8-5-9(16)1-3-12(8)17/h1-5,20H,6-7H2. The van der Waals surface area contributed by atoms with E-state index >= 15 is 0 Å². The molecule has 2 aromatic carbocycles. The van der Waals surface area contributed by atoms with Crippen LogP contribution in [-0.4, -0.2) is 0 Å². The second-order valence-corrected chi connectivity index (χ2v) is 5.02. The minimum absolute atomic E-state index is 0.0328. The van der Waals surface area contributed by atoms with Crippen molar-refractivity contribution in [1.29, 1.82) is 0 Å². The maximum absolute atomic E-state index is 13.7. The number of rotatable bonds is 4. The SMILES string of the molecule is Fc1ccc(F)c(CNCc2c(F)ccc(Br)c2F)c1. The molecule has 2 rings (SSSR count). The van der Waals surface area contributed by atoms with Crippen molar-refractivity contribution in [2.75, 3.05) is 0 Å². The number of halogens is 5. The molecular weight excluding hydrogens is 338 g/mol. The molecule has 0 aliphatic carbocycles. The Balaban J connectivity index is 2.07. The zero-order valence-electron chi connectivity index (χ0n) is 10.2. The Bertz CT molecular complexity index is 631. The van der Waals surface area contributed by atoms with Crippen LogP contribution in [0.15, 0.2) is 34.8 Å². The van der Waals surface area contributed by atoms with E-state index in [0.717, 1.165) is 24.3 Å². The summed E-state index contributed by atoms with van der Waals surface area (Å²) in [6.45, 7) is -0.165. The summed E-state index contributed by atoms with van der Waals surface area (Å²) < 4.78 is 53.6. The predicted octanol–water partition coefficient (Wildman–Crippen LogP) is 4.30. The Morgan fingerprint density at radius 2 is 1.60 bits per heavy atom. The van der Waals surface area contributed by atoms with Gasteiger partial charge >= 0.3 is 0 Å². The smallest absolute Gasteiger partial charge is 0.144 e. The molecule has 0 saturated heterocycles.